The minimum absolute atomic E-state index is 0.202. The van der Waals surface area contributed by atoms with Crippen LogP contribution in [0.25, 0.3) is 0 Å². The van der Waals surface area contributed by atoms with E-state index in [0.29, 0.717) is 23.3 Å². The second-order valence-corrected chi connectivity index (χ2v) is 9.84. The highest BCUT2D eigenvalue weighted by Crippen LogP contribution is 2.41. The second kappa shape index (κ2) is 11.2. The molecule has 2 aliphatic rings. The predicted molar refractivity (Wildman–Crippen MR) is 136 cm³/mol. The zero-order valence-electron chi connectivity index (χ0n) is 20.0. The van der Waals surface area contributed by atoms with Gasteiger partial charge >= 0.3 is 11.9 Å². The van der Waals surface area contributed by atoms with Crippen molar-refractivity contribution in [3.63, 3.8) is 0 Å². The number of halogens is 1. The van der Waals surface area contributed by atoms with Gasteiger partial charge in [-0.1, -0.05) is 30.3 Å². The molecule has 1 fully saturated rings. The average molecular weight is 498 g/mol. The fourth-order valence-corrected chi connectivity index (χ4v) is 5.31. The number of anilines is 1. The van der Waals surface area contributed by atoms with E-state index < -0.39 is 5.97 Å². The molecule has 1 saturated carbocycles. The molecular formula is C28H32ClNO5. The molecule has 0 spiro atoms. The molecular weight excluding hydrogens is 466 g/mol. The topological polar surface area (TPSA) is 76.1 Å². The number of aryl methyl sites for hydroxylation is 1. The molecule has 2 aromatic rings. The van der Waals surface area contributed by atoms with Gasteiger partial charge < -0.3 is 19.5 Å². The van der Waals surface area contributed by atoms with Gasteiger partial charge in [-0.25, -0.2) is 4.79 Å². The summed E-state index contributed by atoms with van der Waals surface area (Å²) in [7, 11) is 0. The van der Waals surface area contributed by atoms with Crippen molar-refractivity contribution in [3.8, 4) is 5.75 Å². The summed E-state index contributed by atoms with van der Waals surface area (Å²) >= 11 is 6.25. The Hall–Kier alpha value is -2.99. The van der Waals surface area contributed by atoms with E-state index >= 15 is 0 Å². The number of fused-ring (bicyclic) bond motifs is 2. The van der Waals surface area contributed by atoms with Crippen LogP contribution in [0.15, 0.2) is 49.1 Å². The first-order chi connectivity index (χ1) is 16.9. The molecule has 4 rings (SSSR count). The molecule has 2 aromatic carbocycles. The average Bonchev–Trinajstić information content (AvgIpc) is 2.84. The van der Waals surface area contributed by atoms with Gasteiger partial charge in [-0.2, -0.15) is 0 Å². The van der Waals surface area contributed by atoms with E-state index in [0.717, 1.165) is 56.4 Å². The zero-order chi connectivity index (χ0) is 24.9. The van der Waals surface area contributed by atoms with Crippen LogP contribution in [0, 0.1) is 11.8 Å². The molecule has 0 aromatic heterocycles. The largest absolute Gasteiger partial charge is 0.487 e. The van der Waals surface area contributed by atoms with Gasteiger partial charge in [0.2, 0.25) is 0 Å². The first-order valence-electron chi connectivity index (χ1n) is 12.2. The first-order valence-corrected chi connectivity index (χ1v) is 12.6. The minimum atomic E-state index is -0.967. The summed E-state index contributed by atoms with van der Waals surface area (Å²) in [6, 6.07) is 10.9. The van der Waals surface area contributed by atoms with Crippen molar-refractivity contribution in [2.75, 3.05) is 18.0 Å². The molecule has 3 atom stereocenters. The molecule has 0 bridgehead atoms. The molecule has 35 heavy (non-hydrogen) atoms. The molecule has 1 aliphatic carbocycles. The van der Waals surface area contributed by atoms with Gasteiger partial charge in [0.05, 0.1) is 11.3 Å². The molecule has 7 heteroatoms. The maximum Gasteiger partial charge on any atom is 0.335 e. The van der Waals surface area contributed by atoms with Crippen LogP contribution in [0.1, 0.15) is 54.1 Å². The lowest BCUT2D eigenvalue weighted by molar-refractivity contribution is -0.149. The van der Waals surface area contributed by atoms with Crippen molar-refractivity contribution in [1.29, 1.82) is 0 Å². The lowest BCUT2D eigenvalue weighted by Crippen LogP contribution is -2.44. The fourth-order valence-electron chi connectivity index (χ4n) is 5.11. The number of carbonyl (C=O) groups is 2. The standard InChI is InChI=1S/C28H32ClNO5/c1-3-26(35-18(2)31)24-11-8-21(24)16-30-13-5-4-6-19-14-23(29)10-7-22(19)17-34-27-12-9-20(28(32)33)15-25(27)30/h3,7,9-10,12,14-15,21,24,26H,1,4-6,8,11,13,16-17H2,2H3,(H,32,33)/t21?,24?,26-/m0/s1. The lowest BCUT2D eigenvalue weighted by Gasteiger charge is -2.43. The van der Waals surface area contributed by atoms with Gasteiger partial charge in [0, 0.05) is 31.0 Å². The molecule has 186 valence electrons. The smallest absolute Gasteiger partial charge is 0.335 e. The van der Waals surface area contributed by atoms with Crippen molar-refractivity contribution in [2.45, 2.75) is 51.7 Å². The first kappa shape index (κ1) is 25.1. The number of benzene rings is 2. The molecule has 1 aliphatic heterocycles. The Labute approximate surface area is 211 Å². The third kappa shape index (κ3) is 5.99. The maximum absolute atomic E-state index is 11.8. The van der Waals surface area contributed by atoms with E-state index in [1.807, 2.05) is 18.2 Å². The number of hydrogen-bond acceptors (Lipinski definition) is 5. The Morgan fingerprint density at radius 1 is 1.23 bits per heavy atom. The van der Waals surface area contributed by atoms with Crippen LogP contribution in [0.3, 0.4) is 0 Å². The summed E-state index contributed by atoms with van der Waals surface area (Å²) in [5, 5.41) is 10.4. The van der Waals surface area contributed by atoms with Crippen LogP contribution in [0.4, 0.5) is 5.69 Å². The van der Waals surface area contributed by atoms with Crippen LogP contribution in [-0.4, -0.2) is 36.2 Å². The number of hydrogen-bond donors (Lipinski definition) is 1. The maximum atomic E-state index is 11.8. The number of nitrogens with zero attached hydrogens (tertiary/aromatic N) is 1. The molecule has 2 unspecified atom stereocenters. The van der Waals surface area contributed by atoms with Crippen LogP contribution >= 0.6 is 11.6 Å². The van der Waals surface area contributed by atoms with E-state index in [4.69, 9.17) is 21.1 Å². The third-order valence-corrected chi connectivity index (χ3v) is 7.34. The van der Waals surface area contributed by atoms with Crippen LogP contribution in [0.2, 0.25) is 5.02 Å². The predicted octanol–water partition coefficient (Wildman–Crippen LogP) is 5.90. The number of aromatic carboxylic acids is 1. The number of carboxylic acid groups (broad SMARTS) is 1. The van der Waals surface area contributed by atoms with E-state index in [2.05, 4.69) is 11.5 Å². The lowest BCUT2D eigenvalue weighted by atomic mass is 9.70. The molecule has 6 nitrogen and oxygen atoms in total. The second-order valence-electron chi connectivity index (χ2n) is 9.40. The van der Waals surface area contributed by atoms with Gasteiger partial charge in [-0.15, -0.1) is 0 Å². The van der Waals surface area contributed by atoms with Crippen LogP contribution < -0.4 is 9.64 Å². The highest BCUT2D eigenvalue weighted by atomic mass is 35.5. The van der Waals surface area contributed by atoms with Crippen molar-refractivity contribution in [2.24, 2.45) is 11.8 Å². The quantitative estimate of drug-likeness (QED) is 0.395. The van der Waals surface area contributed by atoms with Gasteiger partial charge in [-0.05, 0) is 79.5 Å². The number of rotatable bonds is 6. The monoisotopic (exact) mass is 497 g/mol. The summed E-state index contributed by atoms with van der Waals surface area (Å²) < 4.78 is 11.8. The van der Waals surface area contributed by atoms with Crippen molar-refractivity contribution in [1.82, 2.24) is 0 Å². The van der Waals surface area contributed by atoms with E-state index in [-0.39, 0.29) is 23.6 Å². The Morgan fingerprint density at radius 3 is 2.74 bits per heavy atom. The highest BCUT2D eigenvalue weighted by molar-refractivity contribution is 6.30. The van der Waals surface area contributed by atoms with Crippen molar-refractivity contribution >= 4 is 29.2 Å². The Balaban J connectivity index is 1.62. The van der Waals surface area contributed by atoms with Crippen molar-refractivity contribution in [3.05, 3.63) is 70.8 Å². The summed E-state index contributed by atoms with van der Waals surface area (Å²) in [4.78, 5) is 25.6. The third-order valence-electron chi connectivity index (χ3n) is 7.11. The number of carbonyl (C=O) groups excluding carboxylic acids is 1. The minimum Gasteiger partial charge on any atom is -0.487 e. The molecule has 0 saturated heterocycles. The summed E-state index contributed by atoms with van der Waals surface area (Å²) in [5.74, 6) is -0.104. The van der Waals surface area contributed by atoms with Gasteiger partial charge in [0.1, 0.15) is 18.5 Å². The molecule has 1 N–H and O–H groups in total. The summed E-state index contributed by atoms with van der Waals surface area (Å²) in [6.07, 6.45) is 6.22. The van der Waals surface area contributed by atoms with Gasteiger partial charge in [0.25, 0.3) is 0 Å². The van der Waals surface area contributed by atoms with Crippen LogP contribution in [-0.2, 0) is 22.6 Å². The normalized spacial score (nSPS) is 20.7. The summed E-state index contributed by atoms with van der Waals surface area (Å²) in [5.41, 5.74) is 3.29. The SMILES string of the molecule is C=C[C@H](OC(C)=O)C1CCC1CN1CCCCc2cc(Cl)ccc2COc2ccc(C(=O)O)cc21. The van der Waals surface area contributed by atoms with Crippen LogP contribution in [0.5, 0.6) is 5.75 Å². The number of esters is 1. The number of ether oxygens (including phenoxy) is 2. The molecule has 0 radical (unpaired) electrons. The van der Waals surface area contributed by atoms with E-state index in [1.165, 1.54) is 12.5 Å². The Morgan fingerprint density at radius 2 is 2.06 bits per heavy atom. The van der Waals surface area contributed by atoms with Crippen molar-refractivity contribution < 1.29 is 24.2 Å². The molecule has 1 heterocycles. The Kier molecular flexibility index (Phi) is 8.01. The van der Waals surface area contributed by atoms with Gasteiger partial charge in [-0.3, -0.25) is 4.79 Å². The highest BCUT2D eigenvalue weighted by Gasteiger charge is 2.38. The zero-order valence-corrected chi connectivity index (χ0v) is 20.8. The molecule has 0 amide bonds. The van der Waals surface area contributed by atoms with E-state index in [1.54, 1.807) is 24.3 Å². The number of carboxylic acids is 1. The fraction of sp³-hybridized carbons (Fsp3) is 0.429. The van der Waals surface area contributed by atoms with Gasteiger partial charge in [0.15, 0.2) is 0 Å². The Bertz CT molecular complexity index is 1100. The van der Waals surface area contributed by atoms with E-state index in [9.17, 15) is 14.7 Å². The summed E-state index contributed by atoms with van der Waals surface area (Å²) in [6.45, 7) is 7.17.